The number of hydrogen-bond acceptors (Lipinski definition) is 3. The molecule has 5 heteroatoms. The second-order valence-corrected chi connectivity index (χ2v) is 3.37. The van der Waals surface area contributed by atoms with Gasteiger partial charge in [-0.25, -0.2) is 4.39 Å². The lowest BCUT2D eigenvalue weighted by atomic mass is 10.1. The molecule has 0 aliphatic heterocycles. The average molecular weight is 262 g/mol. The molecule has 0 aliphatic rings. The van der Waals surface area contributed by atoms with Gasteiger partial charge in [0.1, 0.15) is 11.5 Å². The average Bonchev–Trinajstić information content (AvgIpc) is 2.35. The van der Waals surface area contributed by atoms with E-state index in [0.717, 1.165) is 5.56 Å². The first-order valence-electron chi connectivity index (χ1n) is 4.93. The van der Waals surface area contributed by atoms with Crippen LogP contribution in [0, 0.1) is 0 Å². The number of hydrogen-bond donors (Lipinski definition) is 1. The molecule has 3 nitrogen and oxygen atoms in total. The number of benzene rings is 1. The van der Waals surface area contributed by atoms with Crippen molar-refractivity contribution in [3.8, 4) is 11.5 Å². The van der Waals surface area contributed by atoms with E-state index in [2.05, 4.69) is 0 Å². The molecule has 0 bridgehead atoms. The summed E-state index contributed by atoms with van der Waals surface area (Å²) < 4.78 is 22.6. The van der Waals surface area contributed by atoms with Crippen molar-refractivity contribution in [1.82, 2.24) is 0 Å². The maximum absolute atomic E-state index is 12.4. The van der Waals surface area contributed by atoms with Gasteiger partial charge in [-0.1, -0.05) is 0 Å². The minimum Gasteiger partial charge on any atom is -0.497 e. The lowest BCUT2D eigenvalue weighted by Gasteiger charge is -2.09. The zero-order chi connectivity index (χ0) is 12.0. The van der Waals surface area contributed by atoms with Gasteiger partial charge in [-0.3, -0.25) is 0 Å². The van der Waals surface area contributed by atoms with Gasteiger partial charge < -0.3 is 15.2 Å². The second kappa shape index (κ2) is 7.92. The maximum Gasteiger partial charge on any atom is 0.122 e. The molecule has 1 aromatic rings. The number of methoxy groups -OCH3 is 2. The molecular weight excluding hydrogens is 245 g/mol. The highest BCUT2D eigenvalue weighted by molar-refractivity contribution is 5.85. The van der Waals surface area contributed by atoms with Gasteiger partial charge >= 0.3 is 0 Å². The molecule has 0 saturated carbocycles. The molecule has 96 valence electrons. The van der Waals surface area contributed by atoms with Crippen LogP contribution in [0.2, 0.25) is 0 Å². The van der Waals surface area contributed by atoms with Gasteiger partial charge in [-0.15, -0.1) is 12.4 Å². The van der Waals surface area contributed by atoms with E-state index in [4.69, 9.17) is 15.2 Å². The Bertz CT molecular complexity index is 361. The highest BCUT2D eigenvalue weighted by Gasteiger charge is 2.04. The highest BCUT2D eigenvalue weighted by Crippen LogP contribution is 2.23. The maximum atomic E-state index is 12.4. The summed E-state index contributed by atoms with van der Waals surface area (Å²) in [7, 11) is 3.15. The number of nitrogens with two attached hydrogens (primary N) is 1. The Balaban J connectivity index is 0.00000256. The van der Waals surface area contributed by atoms with Crippen molar-refractivity contribution in [1.29, 1.82) is 0 Å². The summed E-state index contributed by atoms with van der Waals surface area (Å²) in [6.45, 7) is 0.204. The van der Waals surface area contributed by atoms with Gasteiger partial charge in [0.25, 0.3) is 0 Å². The minimum absolute atomic E-state index is 0. The van der Waals surface area contributed by atoms with Gasteiger partial charge in [0.2, 0.25) is 0 Å². The minimum atomic E-state index is 0. The van der Waals surface area contributed by atoms with E-state index in [0.29, 0.717) is 29.8 Å². The SMILES string of the molecule is COc1cc(CC(=CF)CN)cc(OC)c1.Cl. The Morgan fingerprint density at radius 3 is 2.12 bits per heavy atom. The Morgan fingerprint density at radius 1 is 1.24 bits per heavy atom. The van der Waals surface area contributed by atoms with Gasteiger partial charge in [0.05, 0.1) is 20.5 Å². The monoisotopic (exact) mass is 261 g/mol. The molecule has 0 radical (unpaired) electrons. The fraction of sp³-hybridized carbons (Fsp3) is 0.333. The summed E-state index contributed by atoms with van der Waals surface area (Å²) >= 11 is 0. The first-order chi connectivity index (χ1) is 7.73. The third-order valence-electron chi connectivity index (χ3n) is 2.26. The number of halogens is 2. The normalized spacial score (nSPS) is 10.7. The standard InChI is InChI=1S/C12H16FNO2.ClH/c1-15-11-4-9(3-10(7-13)8-14)5-12(6-11)16-2;/h4-7H,3,8,14H2,1-2H3;1H. The van der Waals surface area contributed by atoms with Crippen molar-refractivity contribution in [2.24, 2.45) is 5.73 Å². The first-order valence-corrected chi connectivity index (χ1v) is 4.93. The molecule has 1 aromatic carbocycles. The lowest BCUT2D eigenvalue weighted by molar-refractivity contribution is 0.393. The van der Waals surface area contributed by atoms with Gasteiger partial charge in [0.15, 0.2) is 0 Å². The Labute approximate surface area is 107 Å². The summed E-state index contributed by atoms with van der Waals surface area (Å²) in [6.07, 6.45) is 1.01. The summed E-state index contributed by atoms with van der Waals surface area (Å²) in [5.74, 6) is 1.37. The van der Waals surface area contributed by atoms with Crippen LogP contribution in [0.5, 0.6) is 11.5 Å². The van der Waals surface area contributed by atoms with Gasteiger partial charge in [0, 0.05) is 12.6 Å². The molecule has 2 N–H and O–H groups in total. The fourth-order valence-corrected chi connectivity index (χ4v) is 1.39. The van der Waals surface area contributed by atoms with E-state index in [1.54, 1.807) is 20.3 Å². The third-order valence-corrected chi connectivity index (χ3v) is 2.26. The lowest BCUT2D eigenvalue weighted by Crippen LogP contribution is -2.05. The number of rotatable bonds is 5. The molecule has 0 aromatic heterocycles. The van der Waals surface area contributed by atoms with Crippen molar-refractivity contribution < 1.29 is 13.9 Å². The summed E-state index contributed by atoms with van der Waals surface area (Å²) in [5.41, 5.74) is 6.85. The highest BCUT2D eigenvalue weighted by atomic mass is 35.5. The second-order valence-electron chi connectivity index (χ2n) is 3.37. The van der Waals surface area contributed by atoms with Gasteiger partial charge in [-0.2, -0.15) is 0 Å². The Hall–Kier alpha value is -1.26. The van der Waals surface area contributed by atoms with E-state index in [1.165, 1.54) is 0 Å². The smallest absolute Gasteiger partial charge is 0.122 e. The Kier molecular flexibility index (Phi) is 7.34. The first kappa shape index (κ1) is 15.7. The van der Waals surface area contributed by atoms with Gasteiger partial charge in [-0.05, 0) is 29.7 Å². The van der Waals surface area contributed by atoms with E-state index in [1.807, 2.05) is 12.1 Å². The molecule has 0 unspecified atom stereocenters. The van der Waals surface area contributed by atoms with Crippen LogP contribution in [0.1, 0.15) is 5.56 Å². The molecule has 0 saturated heterocycles. The molecule has 0 aliphatic carbocycles. The van der Waals surface area contributed by atoms with Crippen LogP contribution in [-0.4, -0.2) is 20.8 Å². The molecule has 1 rings (SSSR count). The van der Waals surface area contributed by atoms with Crippen molar-refractivity contribution in [2.45, 2.75) is 6.42 Å². The summed E-state index contributed by atoms with van der Waals surface area (Å²) in [5, 5.41) is 0. The molecule has 0 atom stereocenters. The quantitative estimate of drug-likeness (QED) is 0.886. The van der Waals surface area contributed by atoms with Crippen LogP contribution in [0.25, 0.3) is 0 Å². The van der Waals surface area contributed by atoms with E-state index < -0.39 is 0 Å². The van der Waals surface area contributed by atoms with Crippen LogP contribution in [0.4, 0.5) is 4.39 Å². The van der Waals surface area contributed by atoms with Crippen LogP contribution in [0.3, 0.4) is 0 Å². The molecule has 0 spiro atoms. The van der Waals surface area contributed by atoms with Crippen molar-refractivity contribution in [3.05, 3.63) is 35.7 Å². The molecule has 0 amide bonds. The molecule has 17 heavy (non-hydrogen) atoms. The fourth-order valence-electron chi connectivity index (χ4n) is 1.39. The van der Waals surface area contributed by atoms with Crippen LogP contribution < -0.4 is 15.2 Å². The van der Waals surface area contributed by atoms with Crippen LogP contribution >= 0.6 is 12.4 Å². The molecular formula is C12H17ClFNO2. The predicted octanol–water partition coefficient (Wildman–Crippen LogP) is 2.48. The van der Waals surface area contributed by atoms with Crippen molar-refractivity contribution in [3.63, 3.8) is 0 Å². The Morgan fingerprint density at radius 2 is 1.76 bits per heavy atom. The van der Waals surface area contributed by atoms with Crippen LogP contribution in [-0.2, 0) is 6.42 Å². The van der Waals surface area contributed by atoms with E-state index >= 15 is 0 Å². The van der Waals surface area contributed by atoms with E-state index in [-0.39, 0.29) is 19.0 Å². The number of ether oxygens (including phenoxy) is 2. The third kappa shape index (κ3) is 4.63. The largest absolute Gasteiger partial charge is 0.497 e. The zero-order valence-electron chi connectivity index (χ0n) is 9.90. The topological polar surface area (TPSA) is 44.5 Å². The molecule has 0 fully saturated rings. The zero-order valence-corrected chi connectivity index (χ0v) is 10.7. The van der Waals surface area contributed by atoms with Crippen molar-refractivity contribution in [2.75, 3.05) is 20.8 Å². The predicted molar refractivity (Wildman–Crippen MR) is 68.7 cm³/mol. The van der Waals surface area contributed by atoms with Crippen molar-refractivity contribution >= 4 is 12.4 Å². The molecule has 0 heterocycles. The van der Waals surface area contributed by atoms with Crippen LogP contribution in [0.15, 0.2) is 30.1 Å². The van der Waals surface area contributed by atoms with E-state index in [9.17, 15) is 4.39 Å². The summed E-state index contributed by atoms with van der Waals surface area (Å²) in [4.78, 5) is 0. The summed E-state index contributed by atoms with van der Waals surface area (Å²) in [6, 6.07) is 5.44.